The van der Waals surface area contributed by atoms with Crippen LogP contribution in [0.15, 0.2) is 61.2 Å². The Labute approximate surface area is 138 Å². The van der Waals surface area contributed by atoms with Crippen molar-refractivity contribution in [1.29, 1.82) is 0 Å². The average molecular weight is 308 g/mol. The summed E-state index contributed by atoms with van der Waals surface area (Å²) in [7, 11) is 0. The summed E-state index contributed by atoms with van der Waals surface area (Å²) in [5.74, 6) is 0.271. The molecule has 0 heterocycles. The van der Waals surface area contributed by atoms with E-state index in [4.69, 9.17) is 4.74 Å². The van der Waals surface area contributed by atoms with Crippen molar-refractivity contribution in [2.75, 3.05) is 0 Å². The lowest BCUT2D eigenvalue weighted by Gasteiger charge is -2.06. The summed E-state index contributed by atoms with van der Waals surface area (Å²) in [5.41, 5.74) is 3.04. The molecule has 0 saturated heterocycles. The molecule has 2 nitrogen and oxygen atoms in total. The maximum Gasteiger partial charge on any atom is 0.343 e. The van der Waals surface area contributed by atoms with Crippen LogP contribution in [0.2, 0.25) is 0 Å². The second kappa shape index (κ2) is 8.94. The lowest BCUT2D eigenvalue weighted by Crippen LogP contribution is -2.08. The molecule has 2 heteroatoms. The van der Waals surface area contributed by atoms with Gasteiger partial charge in [0.05, 0.1) is 5.56 Å². The molecule has 0 amide bonds. The molecule has 0 spiro atoms. The lowest BCUT2D eigenvalue weighted by molar-refractivity contribution is 0.0734. The number of esters is 1. The van der Waals surface area contributed by atoms with Crippen molar-refractivity contribution < 1.29 is 9.53 Å². The number of aryl methyl sites for hydroxylation is 2. The van der Waals surface area contributed by atoms with E-state index in [-0.39, 0.29) is 5.97 Å². The van der Waals surface area contributed by atoms with E-state index in [0.29, 0.717) is 11.3 Å². The van der Waals surface area contributed by atoms with Gasteiger partial charge in [0.2, 0.25) is 0 Å². The third kappa shape index (κ3) is 5.41. The quantitative estimate of drug-likeness (QED) is 0.372. The van der Waals surface area contributed by atoms with Gasteiger partial charge in [-0.25, -0.2) is 4.79 Å². The smallest absolute Gasteiger partial charge is 0.343 e. The zero-order valence-corrected chi connectivity index (χ0v) is 13.8. The first-order valence-electron chi connectivity index (χ1n) is 8.24. The summed E-state index contributed by atoms with van der Waals surface area (Å²) in [6.45, 7) is 5.90. The molecule has 2 rings (SSSR count). The van der Waals surface area contributed by atoms with Crippen molar-refractivity contribution in [3.05, 3.63) is 77.9 Å². The number of unbranched alkanes of at least 4 members (excludes halogenated alkanes) is 1. The Hall–Kier alpha value is -2.35. The van der Waals surface area contributed by atoms with Crippen LogP contribution in [0.4, 0.5) is 0 Å². The first-order chi connectivity index (χ1) is 11.2. The van der Waals surface area contributed by atoms with Gasteiger partial charge in [0.1, 0.15) is 5.75 Å². The monoisotopic (exact) mass is 308 g/mol. The fourth-order valence-corrected chi connectivity index (χ4v) is 2.35. The van der Waals surface area contributed by atoms with Crippen LogP contribution in [0.25, 0.3) is 0 Å². The second-order valence-electron chi connectivity index (χ2n) is 5.66. The van der Waals surface area contributed by atoms with Crippen molar-refractivity contribution in [3.8, 4) is 5.75 Å². The summed E-state index contributed by atoms with van der Waals surface area (Å²) in [6.07, 6.45) is 7.20. The van der Waals surface area contributed by atoms with Crippen LogP contribution in [-0.4, -0.2) is 5.97 Å². The minimum absolute atomic E-state index is 0.318. The van der Waals surface area contributed by atoms with E-state index in [1.54, 1.807) is 0 Å². The third-order valence-electron chi connectivity index (χ3n) is 3.78. The fourth-order valence-electron chi connectivity index (χ4n) is 2.35. The Morgan fingerprint density at radius 3 is 2.22 bits per heavy atom. The molecule has 0 atom stereocenters. The topological polar surface area (TPSA) is 26.3 Å². The molecule has 0 aliphatic carbocycles. The van der Waals surface area contributed by atoms with Crippen LogP contribution >= 0.6 is 0 Å². The minimum atomic E-state index is -0.318. The molecule has 0 N–H and O–H groups in total. The molecule has 0 radical (unpaired) electrons. The number of ether oxygens (including phenoxy) is 1. The summed E-state index contributed by atoms with van der Waals surface area (Å²) < 4.78 is 5.43. The standard InChI is InChI=1S/C21H24O2/c1-3-5-7-17-9-13-19(14-10-17)21(22)23-20-15-11-18(12-16-20)8-6-4-2/h3,9-16H,1,4-8H2,2H3. The van der Waals surface area contributed by atoms with E-state index in [1.165, 1.54) is 24.0 Å². The Morgan fingerprint density at radius 1 is 1.00 bits per heavy atom. The number of rotatable bonds is 8. The first kappa shape index (κ1) is 17.0. The average Bonchev–Trinajstić information content (AvgIpc) is 2.59. The summed E-state index contributed by atoms with van der Waals surface area (Å²) >= 11 is 0. The lowest BCUT2D eigenvalue weighted by atomic mass is 10.1. The van der Waals surface area contributed by atoms with Crippen LogP contribution in [0.5, 0.6) is 5.75 Å². The highest BCUT2D eigenvalue weighted by Crippen LogP contribution is 2.16. The number of allylic oxidation sites excluding steroid dienone is 1. The van der Waals surface area contributed by atoms with Gasteiger partial charge in [-0.2, -0.15) is 0 Å². The van der Waals surface area contributed by atoms with Gasteiger partial charge in [0.25, 0.3) is 0 Å². The molecular formula is C21H24O2. The predicted octanol–water partition coefficient (Wildman–Crippen LogP) is 5.37. The van der Waals surface area contributed by atoms with Crippen LogP contribution in [-0.2, 0) is 12.8 Å². The Kier molecular flexibility index (Phi) is 6.61. The van der Waals surface area contributed by atoms with E-state index < -0.39 is 0 Å². The van der Waals surface area contributed by atoms with Crippen LogP contribution in [0.1, 0.15) is 47.7 Å². The van der Waals surface area contributed by atoms with Gasteiger partial charge in [-0.05, 0) is 61.1 Å². The Morgan fingerprint density at radius 2 is 1.61 bits per heavy atom. The van der Waals surface area contributed by atoms with E-state index in [0.717, 1.165) is 19.3 Å². The minimum Gasteiger partial charge on any atom is -0.423 e. The highest BCUT2D eigenvalue weighted by Gasteiger charge is 2.08. The van der Waals surface area contributed by atoms with Gasteiger partial charge in [0.15, 0.2) is 0 Å². The molecule has 0 fully saturated rings. The van der Waals surface area contributed by atoms with Crippen LogP contribution < -0.4 is 4.74 Å². The highest BCUT2D eigenvalue weighted by atomic mass is 16.5. The summed E-state index contributed by atoms with van der Waals surface area (Å²) in [6, 6.07) is 15.3. The molecule has 0 saturated carbocycles. The molecule has 23 heavy (non-hydrogen) atoms. The number of benzene rings is 2. The molecule has 0 aromatic heterocycles. The molecule has 0 aliphatic heterocycles. The van der Waals surface area contributed by atoms with Crippen molar-refractivity contribution in [1.82, 2.24) is 0 Å². The zero-order valence-electron chi connectivity index (χ0n) is 13.8. The summed E-state index contributed by atoms with van der Waals surface area (Å²) in [5, 5.41) is 0. The van der Waals surface area contributed by atoms with E-state index in [2.05, 4.69) is 13.5 Å². The second-order valence-corrected chi connectivity index (χ2v) is 5.66. The normalized spacial score (nSPS) is 10.3. The summed E-state index contributed by atoms with van der Waals surface area (Å²) in [4.78, 5) is 12.2. The van der Waals surface area contributed by atoms with Crippen LogP contribution in [0.3, 0.4) is 0 Å². The largest absolute Gasteiger partial charge is 0.423 e. The number of carbonyl (C=O) groups excluding carboxylic acids is 1. The van der Waals surface area contributed by atoms with Crippen LogP contribution in [0, 0.1) is 0 Å². The van der Waals surface area contributed by atoms with Gasteiger partial charge in [-0.3, -0.25) is 0 Å². The molecular weight excluding hydrogens is 284 g/mol. The van der Waals surface area contributed by atoms with Gasteiger partial charge in [0, 0.05) is 0 Å². The molecule has 0 aliphatic rings. The van der Waals surface area contributed by atoms with Gasteiger partial charge in [-0.15, -0.1) is 6.58 Å². The number of carbonyl (C=O) groups is 1. The Balaban J connectivity index is 1.94. The molecule has 2 aromatic rings. The number of hydrogen-bond donors (Lipinski definition) is 0. The fraction of sp³-hybridized carbons (Fsp3) is 0.286. The Bertz CT molecular complexity index is 624. The predicted molar refractivity (Wildman–Crippen MR) is 95.0 cm³/mol. The van der Waals surface area contributed by atoms with E-state index >= 15 is 0 Å². The molecule has 2 aromatic carbocycles. The first-order valence-corrected chi connectivity index (χ1v) is 8.24. The zero-order chi connectivity index (χ0) is 16.5. The molecule has 0 bridgehead atoms. The maximum absolute atomic E-state index is 12.2. The van der Waals surface area contributed by atoms with Crippen molar-refractivity contribution >= 4 is 5.97 Å². The van der Waals surface area contributed by atoms with E-state index in [9.17, 15) is 4.79 Å². The van der Waals surface area contributed by atoms with E-state index in [1.807, 2.05) is 54.6 Å². The number of hydrogen-bond acceptors (Lipinski definition) is 2. The van der Waals surface area contributed by atoms with Gasteiger partial charge >= 0.3 is 5.97 Å². The van der Waals surface area contributed by atoms with Crippen molar-refractivity contribution in [2.24, 2.45) is 0 Å². The molecule has 120 valence electrons. The van der Waals surface area contributed by atoms with Crippen molar-refractivity contribution in [2.45, 2.75) is 39.0 Å². The maximum atomic E-state index is 12.2. The molecule has 0 unspecified atom stereocenters. The SMILES string of the molecule is C=CCCc1ccc(C(=O)Oc2ccc(CCCC)cc2)cc1. The third-order valence-corrected chi connectivity index (χ3v) is 3.78. The van der Waals surface area contributed by atoms with Gasteiger partial charge < -0.3 is 4.74 Å². The van der Waals surface area contributed by atoms with Gasteiger partial charge in [-0.1, -0.05) is 43.7 Å². The highest BCUT2D eigenvalue weighted by molar-refractivity contribution is 5.91. The van der Waals surface area contributed by atoms with Crippen molar-refractivity contribution in [3.63, 3.8) is 0 Å².